The van der Waals surface area contributed by atoms with Crippen molar-refractivity contribution >= 4 is 11.7 Å². The summed E-state index contributed by atoms with van der Waals surface area (Å²) >= 11 is 0. The van der Waals surface area contributed by atoms with Crippen molar-refractivity contribution in [2.45, 2.75) is 51.0 Å². The summed E-state index contributed by atoms with van der Waals surface area (Å²) in [4.78, 5) is 13.4. The Bertz CT molecular complexity index is 927. The number of fused-ring (bicyclic) bond motifs is 1. The Balaban J connectivity index is 1.59. The number of carbonyl (C=O) groups is 1. The van der Waals surface area contributed by atoms with E-state index in [2.05, 4.69) is 48.8 Å². The molecule has 0 spiro atoms. The summed E-state index contributed by atoms with van der Waals surface area (Å²) in [6, 6.07) is 14.8. The minimum atomic E-state index is -0.814. The second-order valence-electron chi connectivity index (χ2n) is 8.31. The minimum Gasteiger partial charge on any atom is -0.481 e. The number of benzene rings is 2. The highest BCUT2D eigenvalue weighted by molar-refractivity contribution is 5.70. The van der Waals surface area contributed by atoms with Crippen LogP contribution in [-0.4, -0.2) is 23.7 Å². The molecule has 0 amide bonds. The first kappa shape index (κ1) is 17.7. The zero-order chi connectivity index (χ0) is 19.0. The van der Waals surface area contributed by atoms with Gasteiger partial charge in [0.15, 0.2) is 0 Å². The van der Waals surface area contributed by atoms with Gasteiger partial charge in [0.1, 0.15) is 0 Å². The van der Waals surface area contributed by atoms with Gasteiger partial charge in [-0.15, -0.1) is 0 Å². The van der Waals surface area contributed by atoms with Gasteiger partial charge in [-0.1, -0.05) is 37.8 Å². The average Bonchev–Trinajstić information content (AvgIpc) is 3.46. The third kappa shape index (κ3) is 3.85. The smallest absolute Gasteiger partial charge is 0.307 e. The zero-order valence-electron chi connectivity index (χ0n) is 16.0. The van der Waals surface area contributed by atoms with E-state index < -0.39 is 5.97 Å². The van der Waals surface area contributed by atoms with E-state index in [0.717, 1.165) is 29.3 Å². The first-order valence-electron chi connectivity index (χ1n) is 9.66. The molecular weight excluding hydrogens is 334 g/mol. The first-order valence-corrected chi connectivity index (χ1v) is 9.66. The Kier molecular flexibility index (Phi) is 4.44. The van der Waals surface area contributed by atoms with Crippen LogP contribution in [0.15, 0.2) is 42.5 Å². The lowest BCUT2D eigenvalue weighted by Gasteiger charge is -2.40. The van der Waals surface area contributed by atoms with Crippen molar-refractivity contribution in [2.24, 2.45) is 0 Å². The number of carboxylic acid groups (broad SMARTS) is 1. The number of carboxylic acids is 1. The molecule has 0 saturated heterocycles. The van der Waals surface area contributed by atoms with Crippen molar-refractivity contribution in [1.82, 2.24) is 0 Å². The van der Waals surface area contributed by atoms with E-state index in [4.69, 9.17) is 5.11 Å². The Morgan fingerprint density at radius 3 is 2.44 bits per heavy atom. The van der Waals surface area contributed by atoms with E-state index in [9.17, 15) is 4.79 Å². The van der Waals surface area contributed by atoms with Gasteiger partial charge in [-0.2, -0.15) is 0 Å². The van der Waals surface area contributed by atoms with Crippen molar-refractivity contribution in [1.29, 1.82) is 0 Å². The predicted octanol–water partition coefficient (Wildman–Crippen LogP) is 4.36. The standard InChI is InChI=1S/C24H25NO2/c1-24(2)13-14-25(20-10-11-20)22-12-9-18(15-21(22)24)6-3-17-4-7-19(8-5-17)16-23(26)27/h4-5,7-9,12,15,20H,10-11,13-14,16H2,1-2H3,(H,26,27). The van der Waals surface area contributed by atoms with Gasteiger partial charge >= 0.3 is 5.97 Å². The molecular formula is C24H25NO2. The lowest BCUT2D eigenvalue weighted by atomic mass is 9.77. The van der Waals surface area contributed by atoms with Gasteiger partial charge in [0.05, 0.1) is 6.42 Å². The highest BCUT2D eigenvalue weighted by Crippen LogP contribution is 2.44. The molecule has 1 saturated carbocycles. The second-order valence-corrected chi connectivity index (χ2v) is 8.31. The van der Waals surface area contributed by atoms with E-state index in [0.29, 0.717) is 0 Å². The molecule has 1 fully saturated rings. The molecule has 0 unspecified atom stereocenters. The fourth-order valence-electron chi connectivity index (χ4n) is 3.85. The number of hydrogen-bond acceptors (Lipinski definition) is 2. The molecule has 3 heteroatoms. The van der Waals surface area contributed by atoms with E-state index in [1.54, 1.807) is 0 Å². The van der Waals surface area contributed by atoms with Crippen molar-refractivity contribution < 1.29 is 9.90 Å². The largest absolute Gasteiger partial charge is 0.481 e. The third-order valence-electron chi connectivity index (χ3n) is 5.66. The fraction of sp³-hybridized carbons (Fsp3) is 0.375. The van der Waals surface area contributed by atoms with Crippen LogP contribution >= 0.6 is 0 Å². The predicted molar refractivity (Wildman–Crippen MR) is 108 cm³/mol. The van der Waals surface area contributed by atoms with E-state index in [1.807, 2.05) is 24.3 Å². The van der Waals surface area contributed by atoms with E-state index in [1.165, 1.54) is 30.5 Å². The van der Waals surface area contributed by atoms with Crippen LogP contribution in [0.25, 0.3) is 0 Å². The van der Waals surface area contributed by atoms with Crippen LogP contribution in [0, 0.1) is 11.8 Å². The maximum Gasteiger partial charge on any atom is 0.307 e. The van der Waals surface area contributed by atoms with Crippen LogP contribution in [0.1, 0.15) is 55.4 Å². The van der Waals surface area contributed by atoms with Crippen molar-refractivity contribution in [3.63, 3.8) is 0 Å². The molecule has 4 rings (SSSR count). The molecule has 1 heterocycles. The lowest BCUT2D eigenvalue weighted by molar-refractivity contribution is -0.136. The molecule has 1 aliphatic carbocycles. The highest BCUT2D eigenvalue weighted by atomic mass is 16.4. The van der Waals surface area contributed by atoms with E-state index >= 15 is 0 Å². The quantitative estimate of drug-likeness (QED) is 0.828. The van der Waals surface area contributed by atoms with E-state index in [-0.39, 0.29) is 11.8 Å². The summed E-state index contributed by atoms with van der Waals surface area (Å²) in [5, 5.41) is 8.85. The molecule has 2 aromatic rings. The topological polar surface area (TPSA) is 40.5 Å². The molecule has 0 bridgehead atoms. The molecule has 2 aliphatic rings. The zero-order valence-corrected chi connectivity index (χ0v) is 16.0. The highest BCUT2D eigenvalue weighted by Gasteiger charge is 2.37. The fourth-order valence-corrected chi connectivity index (χ4v) is 3.85. The number of aliphatic carboxylic acids is 1. The van der Waals surface area contributed by atoms with Crippen LogP contribution in [0.4, 0.5) is 5.69 Å². The Hall–Kier alpha value is -2.73. The minimum absolute atomic E-state index is 0.0467. The summed E-state index contributed by atoms with van der Waals surface area (Å²) in [6.45, 7) is 5.81. The van der Waals surface area contributed by atoms with Gasteiger partial charge in [-0.05, 0) is 66.1 Å². The molecule has 0 radical (unpaired) electrons. The van der Waals surface area contributed by atoms with Gasteiger partial charge in [0.2, 0.25) is 0 Å². The molecule has 2 aromatic carbocycles. The average molecular weight is 359 g/mol. The molecule has 1 N–H and O–H groups in total. The van der Waals surface area contributed by atoms with Crippen LogP contribution < -0.4 is 4.90 Å². The lowest BCUT2D eigenvalue weighted by Crippen LogP contribution is -2.38. The second kappa shape index (κ2) is 6.78. The molecule has 0 atom stereocenters. The van der Waals surface area contributed by atoms with Gasteiger partial charge < -0.3 is 10.0 Å². The summed E-state index contributed by atoms with van der Waals surface area (Å²) in [7, 11) is 0. The molecule has 3 nitrogen and oxygen atoms in total. The summed E-state index contributed by atoms with van der Waals surface area (Å²) < 4.78 is 0. The Labute approximate surface area is 161 Å². The SMILES string of the molecule is CC1(C)CCN(C2CC2)c2ccc(C#Cc3ccc(CC(=O)O)cc3)cc21. The van der Waals surface area contributed by atoms with Crippen molar-refractivity contribution in [3.05, 3.63) is 64.7 Å². The third-order valence-corrected chi connectivity index (χ3v) is 5.66. The number of rotatable bonds is 3. The number of anilines is 1. The number of nitrogens with zero attached hydrogens (tertiary/aromatic N) is 1. The van der Waals surface area contributed by atoms with Crippen LogP contribution in [0.2, 0.25) is 0 Å². The summed E-state index contributed by atoms with van der Waals surface area (Å²) in [5.41, 5.74) is 5.71. The first-order chi connectivity index (χ1) is 12.9. The molecule has 27 heavy (non-hydrogen) atoms. The Morgan fingerprint density at radius 1 is 1.11 bits per heavy atom. The van der Waals surface area contributed by atoms with Gasteiger partial charge in [-0.25, -0.2) is 0 Å². The number of hydrogen-bond donors (Lipinski definition) is 1. The van der Waals surface area contributed by atoms with Gasteiger partial charge in [0.25, 0.3) is 0 Å². The molecule has 0 aromatic heterocycles. The van der Waals surface area contributed by atoms with Gasteiger partial charge in [-0.3, -0.25) is 4.79 Å². The Morgan fingerprint density at radius 2 is 1.78 bits per heavy atom. The van der Waals surface area contributed by atoms with Crippen molar-refractivity contribution in [2.75, 3.05) is 11.4 Å². The maximum absolute atomic E-state index is 10.8. The monoisotopic (exact) mass is 359 g/mol. The van der Waals surface area contributed by atoms with Crippen LogP contribution in [0.3, 0.4) is 0 Å². The molecule has 1 aliphatic heterocycles. The van der Waals surface area contributed by atoms with Crippen molar-refractivity contribution in [3.8, 4) is 11.8 Å². The summed E-state index contributed by atoms with van der Waals surface area (Å²) in [5.74, 6) is 5.68. The maximum atomic E-state index is 10.8. The normalized spacial score (nSPS) is 17.6. The van der Waals surface area contributed by atoms with Crippen LogP contribution in [0.5, 0.6) is 0 Å². The van der Waals surface area contributed by atoms with Gasteiger partial charge in [0, 0.05) is 29.4 Å². The summed E-state index contributed by atoms with van der Waals surface area (Å²) in [6.07, 6.45) is 3.86. The molecule has 138 valence electrons. The van der Waals surface area contributed by atoms with Crippen LogP contribution in [-0.2, 0) is 16.6 Å².